The summed E-state index contributed by atoms with van der Waals surface area (Å²) in [5.41, 5.74) is 0. The fraction of sp³-hybridized carbons (Fsp3) is 0.857. The Kier molecular flexibility index (Phi) is 2.80. The van der Waals surface area contributed by atoms with Crippen LogP contribution in [0.1, 0.15) is 25.7 Å². The molecule has 0 radical (unpaired) electrons. The van der Waals surface area contributed by atoms with Crippen LogP contribution in [0.25, 0.3) is 0 Å². The average Bonchev–Trinajstić information content (AvgIpc) is 2.61. The van der Waals surface area contributed by atoms with Crippen LogP contribution in [0.15, 0.2) is 5.16 Å². The van der Waals surface area contributed by atoms with E-state index in [9.17, 15) is 5.11 Å². The maximum Gasteiger partial charge on any atom is 0.231 e. The molecule has 13 heavy (non-hydrogen) atoms. The molecule has 0 saturated heterocycles. The lowest BCUT2D eigenvalue weighted by Crippen LogP contribution is -2.26. The van der Waals surface area contributed by atoms with Crippen LogP contribution in [0.2, 0.25) is 0 Å². The third-order valence-electron chi connectivity index (χ3n) is 2.25. The number of aromatic amines is 1. The van der Waals surface area contributed by atoms with Crippen LogP contribution in [-0.4, -0.2) is 37.1 Å². The van der Waals surface area contributed by atoms with E-state index in [1.54, 1.807) is 0 Å². The summed E-state index contributed by atoms with van der Waals surface area (Å²) in [6, 6.07) is 0. The Morgan fingerprint density at radius 3 is 2.92 bits per heavy atom. The molecule has 1 aliphatic rings. The number of aliphatic hydroxyl groups excluding tert-OH is 1. The second kappa shape index (κ2) is 4.06. The number of aliphatic hydroxyl groups is 1. The number of nitrogens with one attached hydrogen (secondary N) is 1. The van der Waals surface area contributed by atoms with Gasteiger partial charge < -0.3 is 5.11 Å². The zero-order chi connectivity index (χ0) is 9.10. The third-order valence-corrected chi connectivity index (χ3v) is 3.49. The van der Waals surface area contributed by atoms with Gasteiger partial charge in [0, 0.05) is 5.25 Å². The molecule has 2 rings (SSSR count). The lowest BCUT2D eigenvalue weighted by Gasteiger charge is -2.25. The molecular formula is C7H12N4OS. The summed E-state index contributed by atoms with van der Waals surface area (Å²) in [5, 5.41) is 24.1. The fourth-order valence-corrected chi connectivity index (χ4v) is 2.58. The van der Waals surface area contributed by atoms with Crippen molar-refractivity contribution in [3.63, 3.8) is 0 Å². The van der Waals surface area contributed by atoms with Crippen molar-refractivity contribution in [1.82, 2.24) is 20.6 Å². The van der Waals surface area contributed by atoms with E-state index in [2.05, 4.69) is 20.6 Å². The Hall–Kier alpha value is -0.620. The normalized spacial score (nSPS) is 29.0. The highest BCUT2D eigenvalue weighted by molar-refractivity contribution is 7.99. The summed E-state index contributed by atoms with van der Waals surface area (Å²) in [4.78, 5) is 0. The van der Waals surface area contributed by atoms with E-state index < -0.39 is 0 Å². The summed E-state index contributed by atoms with van der Waals surface area (Å²) >= 11 is 1.51. The summed E-state index contributed by atoms with van der Waals surface area (Å²) in [6.45, 7) is 0. The minimum atomic E-state index is -0.211. The molecular weight excluding hydrogens is 188 g/mol. The van der Waals surface area contributed by atoms with E-state index >= 15 is 0 Å². The first-order chi connectivity index (χ1) is 6.36. The zero-order valence-corrected chi connectivity index (χ0v) is 8.00. The lowest BCUT2D eigenvalue weighted by molar-refractivity contribution is 0.137. The maximum absolute atomic E-state index is 9.66. The van der Waals surface area contributed by atoms with Gasteiger partial charge in [-0.2, -0.15) is 5.21 Å². The van der Waals surface area contributed by atoms with Crippen molar-refractivity contribution in [2.75, 3.05) is 0 Å². The van der Waals surface area contributed by atoms with E-state index in [0.717, 1.165) is 19.3 Å². The molecule has 0 aliphatic heterocycles. The van der Waals surface area contributed by atoms with Gasteiger partial charge in [-0.3, -0.25) is 0 Å². The van der Waals surface area contributed by atoms with E-state index in [4.69, 9.17) is 0 Å². The largest absolute Gasteiger partial charge is 0.392 e. The van der Waals surface area contributed by atoms with Crippen LogP contribution < -0.4 is 0 Å². The van der Waals surface area contributed by atoms with Crippen molar-refractivity contribution < 1.29 is 5.11 Å². The number of nitrogens with zero attached hydrogens (tertiary/aromatic N) is 3. The van der Waals surface area contributed by atoms with Gasteiger partial charge in [0.2, 0.25) is 5.16 Å². The van der Waals surface area contributed by atoms with E-state index in [1.165, 1.54) is 18.2 Å². The Labute approximate surface area is 80.3 Å². The predicted octanol–water partition coefficient (Wildman–Crippen LogP) is 0.595. The van der Waals surface area contributed by atoms with Gasteiger partial charge in [0.1, 0.15) is 0 Å². The van der Waals surface area contributed by atoms with Crippen LogP contribution in [-0.2, 0) is 0 Å². The number of rotatable bonds is 2. The molecule has 0 amide bonds. The quantitative estimate of drug-likeness (QED) is 0.731. The molecule has 1 aromatic rings. The number of aromatic nitrogens is 4. The third kappa shape index (κ3) is 2.19. The van der Waals surface area contributed by atoms with Crippen molar-refractivity contribution >= 4 is 11.8 Å². The maximum atomic E-state index is 9.66. The zero-order valence-electron chi connectivity index (χ0n) is 7.18. The molecule has 1 saturated carbocycles. The molecule has 6 heteroatoms. The molecule has 5 nitrogen and oxygen atoms in total. The molecule has 1 heterocycles. The highest BCUT2D eigenvalue weighted by Crippen LogP contribution is 2.31. The molecule has 2 atom stereocenters. The molecule has 72 valence electrons. The topological polar surface area (TPSA) is 74.7 Å². The molecule has 1 fully saturated rings. The van der Waals surface area contributed by atoms with Crippen molar-refractivity contribution in [1.29, 1.82) is 0 Å². The van der Waals surface area contributed by atoms with E-state index in [-0.39, 0.29) is 11.4 Å². The summed E-state index contributed by atoms with van der Waals surface area (Å²) < 4.78 is 0. The average molecular weight is 200 g/mol. The minimum absolute atomic E-state index is 0.211. The highest BCUT2D eigenvalue weighted by Gasteiger charge is 2.25. The van der Waals surface area contributed by atoms with Gasteiger partial charge in [-0.25, -0.2) is 0 Å². The molecule has 2 N–H and O–H groups in total. The molecule has 0 spiro atoms. The van der Waals surface area contributed by atoms with Crippen LogP contribution >= 0.6 is 11.8 Å². The molecule has 1 aromatic heterocycles. The number of hydrogen-bond acceptors (Lipinski definition) is 5. The minimum Gasteiger partial charge on any atom is -0.392 e. The predicted molar refractivity (Wildman–Crippen MR) is 48.3 cm³/mol. The monoisotopic (exact) mass is 200 g/mol. The number of tetrazole rings is 1. The van der Waals surface area contributed by atoms with Gasteiger partial charge in [0.15, 0.2) is 0 Å². The Balaban J connectivity index is 1.93. The fourth-order valence-electron chi connectivity index (χ4n) is 1.55. The van der Waals surface area contributed by atoms with Crippen molar-refractivity contribution in [3.05, 3.63) is 0 Å². The second-order valence-electron chi connectivity index (χ2n) is 3.20. The van der Waals surface area contributed by atoms with E-state index in [1.807, 2.05) is 0 Å². The standard InChI is InChI=1S/C7H12N4OS/c12-5-3-1-2-4-6(5)13-7-8-10-11-9-7/h5-6,12H,1-4H2,(H,8,9,10,11). The molecule has 1 aliphatic carbocycles. The Bertz CT molecular complexity index is 253. The van der Waals surface area contributed by atoms with Gasteiger partial charge in [-0.05, 0) is 18.1 Å². The Morgan fingerprint density at radius 2 is 2.23 bits per heavy atom. The molecule has 2 unspecified atom stereocenters. The van der Waals surface area contributed by atoms with Crippen molar-refractivity contribution in [2.24, 2.45) is 0 Å². The first-order valence-electron chi connectivity index (χ1n) is 4.44. The van der Waals surface area contributed by atoms with Gasteiger partial charge in [-0.15, -0.1) is 10.2 Å². The second-order valence-corrected chi connectivity index (χ2v) is 4.41. The smallest absolute Gasteiger partial charge is 0.231 e. The first kappa shape index (κ1) is 8.96. The Morgan fingerprint density at radius 1 is 1.38 bits per heavy atom. The van der Waals surface area contributed by atoms with Gasteiger partial charge in [0.25, 0.3) is 0 Å². The SMILES string of the molecule is OC1CCCCC1Sc1nn[nH]n1. The number of thioether (sulfide) groups is 1. The van der Waals surface area contributed by atoms with Crippen LogP contribution in [0.5, 0.6) is 0 Å². The summed E-state index contributed by atoms with van der Waals surface area (Å²) in [7, 11) is 0. The molecule has 0 bridgehead atoms. The van der Waals surface area contributed by atoms with Gasteiger partial charge in [0.05, 0.1) is 6.10 Å². The number of hydrogen-bond donors (Lipinski definition) is 2. The highest BCUT2D eigenvalue weighted by atomic mass is 32.2. The van der Waals surface area contributed by atoms with Crippen molar-refractivity contribution in [3.8, 4) is 0 Å². The van der Waals surface area contributed by atoms with Crippen LogP contribution in [0.3, 0.4) is 0 Å². The summed E-state index contributed by atoms with van der Waals surface area (Å²) in [6.07, 6.45) is 4.05. The van der Waals surface area contributed by atoms with Crippen LogP contribution in [0.4, 0.5) is 0 Å². The van der Waals surface area contributed by atoms with Gasteiger partial charge in [-0.1, -0.05) is 24.6 Å². The first-order valence-corrected chi connectivity index (χ1v) is 5.32. The molecule has 0 aromatic carbocycles. The van der Waals surface area contributed by atoms with Crippen LogP contribution in [0, 0.1) is 0 Å². The van der Waals surface area contributed by atoms with Gasteiger partial charge >= 0.3 is 0 Å². The number of H-pyrrole nitrogens is 1. The van der Waals surface area contributed by atoms with Crippen molar-refractivity contribution in [2.45, 2.75) is 42.2 Å². The lowest BCUT2D eigenvalue weighted by atomic mass is 9.97. The van der Waals surface area contributed by atoms with E-state index in [0.29, 0.717) is 5.16 Å². The summed E-state index contributed by atoms with van der Waals surface area (Å²) in [5.74, 6) is 0.